The van der Waals surface area contributed by atoms with Gasteiger partial charge in [0, 0.05) is 12.5 Å². The molecule has 2 aromatic carbocycles. The van der Waals surface area contributed by atoms with E-state index in [-0.39, 0.29) is 33.4 Å². The van der Waals surface area contributed by atoms with Crippen LogP contribution in [0.3, 0.4) is 0 Å². The fourth-order valence-corrected chi connectivity index (χ4v) is 3.21. The number of benzene rings is 2. The maximum Gasteiger partial charge on any atom is 0.346 e. The molecular weight excluding hydrogens is 456 g/mol. The quantitative estimate of drug-likeness (QED) is 0.276. The first-order valence-electron chi connectivity index (χ1n) is 9.63. The van der Waals surface area contributed by atoms with Crippen LogP contribution < -0.4 is 0 Å². The molecule has 0 aromatic heterocycles. The minimum atomic E-state index is -1.64. The van der Waals surface area contributed by atoms with Gasteiger partial charge < -0.3 is 28.8 Å². The van der Waals surface area contributed by atoms with Crippen molar-refractivity contribution >= 4 is 35.8 Å². The number of ether oxygens (including phenoxy) is 5. The van der Waals surface area contributed by atoms with Gasteiger partial charge in [0.1, 0.15) is 0 Å². The molecule has 0 saturated carbocycles. The maximum atomic E-state index is 12.5. The zero-order chi connectivity index (χ0) is 24.6. The third-order valence-electron chi connectivity index (χ3n) is 4.76. The molecule has 0 amide bonds. The second-order valence-corrected chi connectivity index (χ2v) is 7.04. The number of aliphatic hydroxyl groups excluding tert-OH is 1. The van der Waals surface area contributed by atoms with Gasteiger partial charge in [0.15, 0.2) is 6.61 Å². The molecule has 1 N–H and O–H groups in total. The predicted molar refractivity (Wildman–Crippen MR) is 104 cm³/mol. The van der Waals surface area contributed by atoms with Crippen LogP contribution in [0.2, 0.25) is 0 Å². The van der Waals surface area contributed by atoms with Crippen LogP contribution in [0.15, 0.2) is 36.4 Å². The van der Waals surface area contributed by atoms with E-state index in [1.165, 1.54) is 24.3 Å². The fraction of sp³-hybridized carbons (Fsp3) is 0.182. The second kappa shape index (κ2) is 8.75. The number of rotatable bonds is 6. The SMILES string of the molecule is CC(=O)OC(COC(=O)c1ccc2c(c1)C(=O)OC2O)OC(=O)c1ccc2c(c1)C(=O)OC2=O. The van der Waals surface area contributed by atoms with Crippen molar-refractivity contribution in [1.29, 1.82) is 0 Å². The average Bonchev–Trinajstić information content (AvgIpc) is 3.25. The van der Waals surface area contributed by atoms with Crippen LogP contribution >= 0.6 is 0 Å². The lowest BCUT2D eigenvalue weighted by molar-refractivity contribution is -0.172. The van der Waals surface area contributed by atoms with Crippen LogP contribution in [0.25, 0.3) is 0 Å². The summed E-state index contributed by atoms with van der Waals surface area (Å²) in [5.74, 6) is -5.41. The lowest BCUT2D eigenvalue weighted by atomic mass is 10.1. The Hall–Kier alpha value is -4.58. The molecule has 12 nitrogen and oxygen atoms in total. The smallest absolute Gasteiger partial charge is 0.346 e. The van der Waals surface area contributed by atoms with Gasteiger partial charge in [0.05, 0.1) is 27.8 Å². The summed E-state index contributed by atoms with van der Waals surface area (Å²) in [4.78, 5) is 71.1. The van der Waals surface area contributed by atoms with Crippen molar-refractivity contribution in [2.24, 2.45) is 0 Å². The second-order valence-electron chi connectivity index (χ2n) is 7.04. The van der Waals surface area contributed by atoms with E-state index >= 15 is 0 Å². The Balaban J connectivity index is 1.44. The summed E-state index contributed by atoms with van der Waals surface area (Å²) in [5, 5.41) is 9.60. The normalized spacial score (nSPS) is 16.6. The summed E-state index contributed by atoms with van der Waals surface area (Å²) in [6.45, 7) is 0.344. The Labute approximate surface area is 189 Å². The number of carbonyl (C=O) groups excluding carboxylic acids is 6. The molecule has 0 fully saturated rings. The van der Waals surface area contributed by atoms with Crippen molar-refractivity contribution in [3.8, 4) is 0 Å². The van der Waals surface area contributed by atoms with Gasteiger partial charge >= 0.3 is 35.8 Å². The number of hydrogen-bond acceptors (Lipinski definition) is 12. The van der Waals surface area contributed by atoms with Gasteiger partial charge in [-0.25, -0.2) is 24.0 Å². The Morgan fingerprint density at radius 2 is 1.53 bits per heavy atom. The first-order chi connectivity index (χ1) is 16.1. The van der Waals surface area contributed by atoms with Crippen LogP contribution in [0.1, 0.15) is 70.6 Å². The highest BCUT2D eigenvalue weighted by molar-refractivity contribution is 6.15. The lowest BCUT2D eigenvalue weighted by Gasteiger charge is -2.17. The van der Waals surface area contributed by atoms with E-state index in [1.807, 2.05) is 0 Å². The Kier molecular flexibility index (Phi) is 5.82. The van der Waals surface area contributed by atoms with Gasteiger partial charge in [0.25, 0.3) is 6.29 Å². The summed E-state index contributed by atoms with van der Waals surface area (Å²) >= 11 is 0. The number of hydrogen-bond donors (Lipinski definition) is 1. The molecule has 0 aliphatic carbocycles. The molecule has 2 atom stereocenters. The summed E-state index contributed by atoms with van der Waals surface area (Å²) in [6, 6.07) is 7.25. The minimum Gasteiger partial charge on any atom is -0.454 e. The largest absolute Gasteiger partial charge is 0.454 e. The van der Waals surface area contributed by atoms with Gasteiger partial charge in [-0.3, -0.25) is 4.79 Å². The van der Waals surface area contributed by atoms with E-state index < -0.39 is 55.0 Å². The molecule has 4 rings (SSSR count). The highest BCUT2D eigenvalue weighted by Gasteiger charge is 2.32. The van der Waals surface area contributed by atoms with E-state index in [2.05, 4.69) is 9.47 Å². The molecule has 0 bridgehead atoms. The number of fused-ring (bicyclic) bond motifs is 2. The van der Waals surface area contributed by atoms with E-state index in [9.17, 15) is 33.9 Å². The molecule has 0 saturated heterocycles. The first kappa shape index (κ1) is 22.6. The molecular formula is C22H14O12. The van der Waals surface area contributed by atoms with Crippen LogP contribution in [0.4, 0.5) is 0 Å². The van der Waals surface area contributed by atoms with E-state index in [0.717, 1.165) is 19.1 Å². The van der Waals surface area contributed by atoms with Crippen LogP contribution in [0, 0.1) is 0 Å². The highest BCUT2D eigenvalue weighted by atomic mass is 16.7. The summed E-state index contributed by atoms with van der Waals surface area (Å²) in [5.41, 5.74) is -0.191. The van der Waals surface area contributed by atoms with E-state index in [4.69, 9.17) is 14.2 Å². The Morgan fingerprint density at radius 3 is 2.26 bits per heavy atom. The monoisotopic (exact) mass is 470 g/mol. The Morgan fingerprint density at radius 1 is 0.882 bits per heavy atom. The first-order valence-corrected chi connectivity index (χ1v) is 9.63. The molecule has 2 heterocycles. The molecule has 12 heteroatoms. The molecule has 2 aliphatic rings. The zero-order valence-electron chi connectivity index (χ0n) is 17.3. The topological polar surface area (TPSA) is 169 Å². The maximum absolute atomic E-state index is 12.5. The third-order valence-corrected chi connectivity index (χ3v) is 4.76. The molecule has 0 spiro atoms. The molecule has 174 valence electrons. The van der Waals surface area contributed by atoms with Gasteiger partial charge in [-0.05, 0) is 30.3 Å². The lowest BCUT2D eigenvalue weighted by Crippen LogP contribution is -2.29. The summed E-state index contributed by atoms with van der Waals surface area (Å²) in [7, 11) is 0. The minimum absolute atomic E-state index is 0.0152. The summed E-state index contributed by atoms with van der Waals surface area (Å²) in [6.07, 6.45) is -3.07. The standard InChI is InChI=1S/C22H14O12/c1-9(23)31-16(32-18(25)11-3-5-13-15(7-11)22(29)34-20(13)27)8-30-17(24)10-2-4-12-14(6-10)21(28)33-19(12)26/h2-7,16,19,26H,8H2,1H3. The van der Waals surface area contributed by atoms with E-state index in [1.54, 1.807) is 0 Å². The molecule has 2 unspecified atom stereocenters. The van der Waals surface area contributed by atoms with Gasteiger partial charge in [-0.1, -0.05) is 6.07 Å². The number of cyclic esters (lactones) is 3. The summed E-state index contributed by atoms with van der Waals surface area (Å²) < 4.78 is 24.0. The zero-order valence-corrected chi connectivity index (χ0v) is 17.3. The highest BCUT2D eigenvalue weighted by Crippen LogP contribution is 2.29. The van der Waals surface area contributed by atoms with Crippen LogP contribution in [-0.2, 0) is 28.5 Å². The third kappa shape index (κ3) is 4.34. The molecule has 0 radical (unpaired) electrons. The number of aliphatic hydroxyl groups is 1. The number of carbonyl (C=O) groups is 6. The van der Waals surface area contributed by atoms with Crippen molar-refractivity contribution < 1.29 is 57.6 Å². The average molecular weight is 470 g/mol. The van der Waals surface area contributed by atoms with Crippen LogP contribution in [0.5, 0.6) is 0 Å². The van der Waals surface area contributed by atoms with Crippen molar-refractivity contribution in [3.05, 3.63) is 69.8 Å². The van der Waals surface area contributed by atoms with Crippen molar-refractivity contribution in [1.82, 2.24) is 0 Å². The number of esters is 6. The van der Waals surface area contributed by atoms with Crippen LogP contribution in [-0.4, -0.2) is 53.8 Å². The predicted octanol–water partition coefficient (Wildman–Crippen LogP) is 1.06. The van der Waals surface area contributed by atoms with Crippen molar-refractivity contribution in [2.75, 3.05) is 6.61 Å². The van der Waals surface area contributed by atoms with E-state index in [0.29, 0.717) is 0 Å². The molecule has 2 aromatic rings. The molecule has 2 aliphatic heterocycles. The molecule has 34 heavy (non-hydrogen) atoms. The van der Waals surface area contributed by atoms with Crippen molar-refractivity contribution in [3.63, 3.8) is 0 Å². The van der Waals surface area contributed by atoms with Gasteiger partial charge in [0.2, 0.25) is 6.29 Å². The Bertz CT molecular complexity index is 1260. The van der Waals surface area contributed by atoms with Crippen molar-refractivity contribution in [2.45, 2.75) is 19.5 Å². The van der Waals surface area contributed by atoms with Gasteiger partial charge in [-0.2, -0.15) is 0 Å². The van der Waals surface area contributed by atoms with Gasteiger partial charge in [-0.15, -0.1) is 0 Å². The fourth-order valence-electron chi connectivity index (χ4n) is 3.21.